The maximum atomic E-state index is 13.3. The van der Waals surface area contributed by atoms with Crippen molar-refractivity contribution in [3.05, 3.63) is 88.5 Å². The zero-order valence-corrected chi connectivity index (χ0v) is 31.8. The number of piperidine rings is 1. The molecular weight excluding hydrogens is 719 g/mol. The van der Waals surface area contributed by atoms with E-state index in [-0.39, 0.29) is 22.2 Å². The number of esters is 1. The van der Waals surface area contributed by atoms with Gasteiger partial charge in [-0.2, -0.15) is 4.72 Å². The Labute approximate surface area is 313 Å². The number of ether oxygens (including phenoxy) is 2. The Morgan fingerprint density at radius 3 is 2.11 bits per heavy atom. The van der Waals surface area contributed by atoms with Crippen LogP contribution in [0, 0.1) is 10.1 Å². The number of aromatic nitrogens is 2. The van der Waals surface area contributed by atoms with Crippen LogP contribution in [0.25, 0.3) is 11.0 Å². The summed E-state index contributed by atoms with van der Waals surface area (Å²) in [6.45, 7) is 11.8. The van der Waals surface area contributed by atoms with E-state index in [2.05, 4.69) is 25.2 Å². The van der Waals surface area contributed by atoms with E-state index in [1.165, 1.54) is 4.57 Å². The van der Waals surface area contributed by atoms with Crippen LogP contribution in [0.2, 0.25) is 0 Å². The second-order valence-electron chi connectivity index (χ2n) is 14.9. The number of imidazole rings is 1. The van der Waals surface area contributed by atoms with Crippen LogP contribution in [0.1, 0.15) is 71.2 Å². The number of nitrogens with one attached hydrogen (secondary N) is 3. The minimum absolute atomic E-state index is 0.0287. The molecule has 1 atom stereocenters. The summed E-state index contributed by atoms with van der Waals surface area (Å²) in [5, 5.41) is 17.0. The fourth-order valence-electron chi connectivity index (χ4n) is 5.82. The highest BCUT2D eigenvalue weighted by Crippen LogP contribution is 2.26. The number of hydrogen-bond acceptors (Lipinski definition) is 12. The van der Waals surface area contributed by atoms with Gasteiger partial charge in [0, 0.05) is 42.5 Å². The Morgan fingerprint density at radius 2 is 1.52 bits per heavy atom. The van der Waals surface area contributed by atoms with E-state index in [9.17, 15) is 32.9 Å². The molecule has 2 heterocycles. The zero-order valence-electron chi connectivity index (χ0n) is 31.0. The Balaban J connectivity index is 1.23. The first-order chi connectivity index (χ1) is 25.3. The lowest BCUT2D eigenvalue weighted by Crippen LogP contribution is -2.49. The summed E-state index contributed by atoms with van der Waals surface area (Å²) < 4.78 is 41.1. The summed E-state index contributed by atoms with van der Waals surface area (Å²) in [5.74, 6) is -0.980. The van der Waals surface area contributed by atoms with Gasteiger partial charge in [-0.05, 0) is 103 Å². The van der Waals surface area contributed by atoms with Gasteiger partial charge >= 0.3 is 12.1 Å². The van der Waals surface area contributed by atoms with Gasteiger partial charge in [0.2, 0.25) is 16.0 Å². The highest BCUT2D eigenvalue weighted by molar-refractivity contribution is 7.89. The number of fused-ring (bicyclic) bond motifs is 1. The number of benzene rings is 3. The third-order valence-corrected chi connectivity index (χ3v) is 9.70. The SMILES string of the molecule is CC(C)(C)OC(=O)CC(NC(=O)c1ccc(N2CCC(Nc3nc4ccccc4n3C(=O)OC(C)(C)C)CC2)cc1)NS(=O)(=O)c1ccc([N+](=O)[O-])cc1. The molecule has 288 valence electrons. The van der Waals surface area contributed by atoms with Crippen LogP contribution in [0.4, 0.5) is 22.1 Å². The average Bonchev–Trinajstić information content (AvgIpc) is 3.45. The molecule has 1 amide bonds. The topological polar surface area (TPSA) is 204 Å². The fourth-order valence-corrected chi connectivity index (χ4v) is 6.97. The van der Waals surface area contributed by atoms with Crippen molar-refractivity contribution in [3.63, 3.8) is 0 Å². The minimum Gasteiger partial charge on any atom is -0.460 e. The largest absolute Gasteiger partial charge is 0.460 e. The molecule has 3 N–H and O–H groups in total. The highest BCUT2D eigenvalue weighted by atomic mass is 32.2. The van der Waals surface area contributed by atoms with Gasteiger partial charge in [0.1, 0.15) is 17.4 Å². The van der Waals surface area contributed by atoms with Crippen molar-refractivity contribution in [1.82, 2.24) is 19.6 Å². The summed E-state index contributed by atoms with van der Waals surface area (Å²) in [6.07, 6.45) is -0.965. The molecule has 16 nitrogen and oxygen atoms in total. The summed E-state index contributed by atoms with van der Waals surface area (Å²) in [4.78, 5) is 56.1. The molecule has 3 aromatic carbocycles. The van der Waals surface area contributed by atoms with E-state index in [0.717, 1.165) is 42.8 Å². The molecule has 0 spiro atoms. The lowest BCUT2D eigenvalue weighted by atomic mass is 10.0. The summed E-state index contributed by atoms with van der Waals surface area (Å²) in [5.41, 5.74) is 0.571. The lowest BCUT2D eigenvalue weighted by Gasteiger charge is -2.34. The Hall–Kier alpha value is -5.55. The van der Waals surface area contributed by atoms with Gasteiger partial charge in [0.25, 0.3) is 11.6 Å². The molecular formula is C37H45N7O9S. The first kappa shape index (κ1) is 39.7. The number of sulfonamides is 1. The van der Waals surface area contributed by atoms with Crippen molar-refractivity contribution < 1.29 is 37.2 Å². The summed E-state index contributed by atoms with van der Waals surface area (Å²) in [6, 6.07) is 18.4. The van der Waals surface area contributed by atoms with Crippen LogP contribution < -0.4 is 20.3 Å². The van der Waals surface area contributed by atoms with Crippen molar-refractivity contribution in [3.8, 4) is 0 Å². The molecule has 1 aromatic heterocycles. The van der Waals surface area contributed by atoms with Gasteiger partial charge < -0.3 is 25.0 Å². The zero-order chi connectivity index (χ0) is 39.4. The molecule has 0 saturated carbocycles. The molecule has 1 fully saturated rings. The number of hydrogen-bond donors (Lipinski definition) is 3. The lowest BCUT2D eigenvalue weighted by molar-refractivity contribution is -0.384. The second-order valence-corrected chi connectivity index (χ2v) is 16.6. The van der Waals surface area contributed by atoms with Crippen LogP contribution in [0.5, 0.6) is 0 Å². The smallest absolute Gasteiger partial charge is 0.421 e. The van der Waals surface area contributed by atoms with E-state index in [4.69, 9.17) is 9.47 Å². The number of amides is 1. The number of anilines is 2. The third kappa shape index (κ3) is 10.3. The van der Waals surface area contributed by atoms with Crippen LogP contribution in [0.15, 0.2) is 77.7 Å². The molecule has 4 aromatic rings. The first-order valence-electron chi connectivity index (χ1n) is 17.4. The number of rotatable bonds is 11. The Morgan fingerprint density at radius 1 is 0.907 bits per heavy atom. The van der Waals surface area contributed by atoms with Gasteiger partial charge in [-0.1, -0.05) is 12.1 Å². The van der Waals surface area contributed by atoms with E-state index in [1.54, 1.807) is 45.0 Å². The maximum absolute atomic E-state index is 13.3. The normalized spacial score (nSPS) is 14.7. The molecule has 1 saturated heterocycles. The standard InChI is InChI=1S/C37H45N7O9S/c1-36(2,3)52-32(45)23-31(41-54(50,51)28-17-15-27(16-18-28)44(48)49)40-33(46)24-11-13-26(14-12-24)42-21-19-25(20-22-42)38-34-39-29-9-7-8-10-30(29)43(34)35(47)53-37(4,5)6/h7-18,25,31,41H,19-23H2,1-6H3,(H,38,39)(H,40,46). The van der Waals surface area contributed by atoms with Crippen LogP contribution in [-0.2, 0) is 24.3 Å². The number of nitrogens with zero attached hydrogens (tertiary/aromatic N) is 4. The molecule has 17 heteroatoms. The number of para-hydroxylation sites is 2. The molecule has 1 aliphatic heterocycles. The Kier molecular flexibility index (Phi) is 11.6. The highest BCUT2D eigenvalue weighted by Gasteiger charge is 2.29. The molecule has 0 bridgehead atoms. The van der Waals surface area contributed by atoms with Crippen molar-refractivity contribution in [1.29, 1.82) is 0 Å². The molecule has 0 radical (unpaired) electrons. The van der Waals surface area contributed by atoms with Gasteiger partial charge in [-0.3, -0.25) is 19.7 Å². The van der Waals surface area contributed by atoms with E-state index in [0.29, 0.717) is 30.1 Å². The van der Waals surface area contributed by atoms with Gasteiger partial charge in [-0.25, -0.2) is 22.8 Å². The quantitative estimate of drug-likeness (QED) is 0.0742. The van der Waals surface area contributed by atoms with Crippen molar-refractivity contribution in [2.24, 2.45) is 0 Å². The van der Waals surface area contributed by atoms with Gasteiger partial charge in [0.15, 0.2) is 0 Å². The van der Waals surface area contributed by atoms with E-state index < -0.39 is 56.7 Å². The number of non-ortho nitro benzene ring substituents is 1. The van der Waals surface area contributed by atoms with Gasteiger partial charge in [0.05, 0.1) is 27.3 Å². The summed E-state index contributed by atoms with van der Waals surface area (Å²) in [7, 11) is -4.32. The van der Waals surface area contributed by atoms with Crippen LogP contribution in [0.3, 0.4) is 0 Å². The number of nitro benzene ring substituents is 1. The average molecular weight is 764 g/mol. The van der Waals surface area contributed by atoms with Crippen LogP contribution in [-0.4, -0.2) is 77.4 Å². The van der Waals surface area contributed by atoms with Gasteiger partial charge in [-0.15, -0.1) is 0 Å². The predicted molar refractivity (Wildman–Crippen MR) is 202 cm³/mol. The Bertz CT molecular complexity index is 2110. The predicted octanol–water partition coefficient (Wildman–Crippen LogP) is 5.57. The fraction of sp³-hybridized carbons (Fsp3) is 0.405. The molecule has 54 heavy (non-hydrogen) atoms. The number of carbonyl (C=O) groups excluding carboxylic acids is 3. The van der Waals surface area contributed by atoms with Crippen molar-refractivity contribution in [2.45, 2.75) is 89.1 Å². The molecule has 1 unspecified atom stereocenters. The van der Waals surface area contributed by atoms with E-state index >= 15 is 0 Å². The second kappa shape index (κ2) is 15.8. The molecule has 5 rings (SSSR count). The number of nitro groups is 1. The van der Waals surface area contributed by atoms with Crippen LogP contribution >= 0.6 is 0 Å². The minimum atomic E-state index is -4.32. The third-order valence-electron chi connectivity index (χ3n) is 8.21. The number of carbonyl (C=O) groups is 3. The monoisotopic (exact) mass is 763 g/mol. The first-order valence-corrected chi connectivity index (χ1v) is 18.9. The van der Waals surface area contributed by atoms with E-state index in [1.807, 2.05) is 45.0 Å². The maximum Gasteiger partial charge on any atom is 0.421 e. The molecule has 0 aliphatic carbocycles. The van der Waals surface area contributed by atoms with Crippen molar-refractivity contribution in [2.75, 3.05) is 23.3 Å². The van der Waals surface area contributed by atoms with Crippen molar-refractivity contribution >= 4 is 56.3 Å². The summed E-state index contributed by atoms with van der Waals surface area (Å²) >= 11 is 0. The molecule has 1 aliphatic rings.